The van der Waals surface area contributed by atoms with E-state index >= 15 is 0 Å². The fraction of sp³-hybridized carbons (Fsp3) is 0.533. The van der Waals surface area contributed by atoms with Crippen molar-refractivity contribution in [3.63, 3.8) is 0 Å². The Morgan fingerprint density at radius 3 is 2.48 bits per heavy atom. The van der Waals surface area contributed by atoms with E-state index < -0.39 is 10.0 Å². The van der Waals surface area contributed by atoms with Crippen molar-refractivity contribution in [2.45, 2.75) is 44.9 Å². The summed E-state index contributed by atoms with van der Waals surface area (Å²) in [5, 5.41) is 3.05. The molecule has 0 saturated carbocycles. The van der Waals surface area contributed by atoms with Gasteiger partial charge in [-0.25, -0.2) is 13.1 Å². The van der Waals surface area contributed by atoms with Gasteiger partial charge in [-0.05, 0) is 29.0 Å². The lowest BCUT2D eigenvalue weighted by Gasteiger charge is -2.25. The molecule has 21 heavy (non-hydrogen) atoms. The van der Waals surface area contributed by atoms with Gasteiger partial charge in [-0.3, -0.25) is 4.99 Å². The Morgan fingerprint density at radius 1 is 1.24 bits per heavy atom. The predicted octanol–water partition coefficient (Wildman–Crippen LogP) is 2.70. The van der Waals surface area contributed by atoms with Crippen molar-refractivity contribution in [2.75, 3.05) is 11.9 Å². The number of hydrogen-bond donors (Lipinski definition) is 2. The quantitative estimate of drug-likeness (QED) is 0.882. The molecular weight excluding hydrogens is 286 g/mol. The minimum Gasteiger partial charge on any atom is -0.324 e. The zero-order valence-electron chi connectivity index (χ0n) is 13.2. The molecule has 1 aliphatic rings. The van der Waals surface area contributed by atoms with Gasteiger partial charge in [0.1, 0.15) is 4.90 Å². The summed E-state index contributed by atoms with van der Waals surface area (Å²) in [6, 6.07) is 5.48. The average Bonchev–Trinajstić information content (AvgIpc) is 2.34. The minimum absolute atomic E-state index is 0.101. The third-order valence-corrected chi connectivity index (χ3v) is 4.61. The van der Waals surface area contributed by atoms with Gasteiger partial charge in [0.25, 0.3) is 10.0 Å². The molecule has 0 aliphatic carbocycles. The van der Waals surface area contributed by atoms with Crippen molar-refractivity contribution in [3.05, 3.63) is 23.8 Å². The van der Waals surface area contributed by atoms with E-state index in [-0.39, 0.29) is 10.3 Å². The number of aliphatic imine (C=N–C) groups is 1. The number of nitrogens with zero attached hydrogens (tertiary/aromatic N) is 1. The molecule has 2 N–H and O–H groups in total. The minimum atomic E-state index is -3.57. The van der Waals surface area contributed by atoms with Crippen LogP contribution >= 0.6 is 0 Å². The zero-order valence-corrected chi connectivity index (χ0v) is 14.0. The normalized spacial score (nSPS) is 19.0. The number of anilines is 1. The molecule has 0 aromatic heterocycles. The van der Waals surface area contributed by atoms with Crippen LogP contribution in [0.2, 0.25) is 0 Å². The summed E-state index contributed by atoms with van der Waals surface area (Å²) in [6.07, 6.45) is 0. The van der Waals surface area contributed by atoms with E-state index in [4.69, 9.17) is 0 Å². The van der Waals surface area contributed by atoms with Crippen LogP contribution in [0.25, 0.3) is 0 Å². The molecule has 0 radical (unpaired) electrons. The Morgan fingerprint density at radius 2 is 1.90 bits per heavy atom. The summed E-state index contributed by atoms with van der Waals surface area (Å²) in [5.41, 5.74) is 1.46. The lowest BCUT2D eigenvalue weighted by Crippen LogP contribution is -2.41. The van der Waals surface area contributed by atoms with Gasteiger partial charge in [0.05, 0.1) is 5.69 Å². The molecule has 116 valence electrons. The summed E-state index contributed by atoms with van der Waals surface area (Å²) in [7, 11) is -3.57. The highest BCUT2D eigenvalue weighted by atomic mass is 32.2. The van der Waals surface area contributed by atoms with Crippen molar-refractivity contribution in [2.24, 2.45) is 10.9 Å². The van der Waals surface area contributed by atoms with E-state index in [1.807, 2.05) is 19.9 Å². The number of guanidine groups is 1. The van der Waals surface area contributed by atoms with Crippen LogP contribution in [0, 0.1) is 5.92 Å². The van der Waals surface area contributed by atoms with Crippen molar-refractivity contribution in [1.82, 2.24) is 4.72 Å². The van der Waals surface area contributed by atoms with Gasteiger partial charge in [-0.1, -0.05) is 40.7 Å². The second-order valence-corrected chi connectivity index (χ2v) is 8.43. The van der Waals surface area contributed by atoms with E-state index in [9.17, 15) is 8.42 Å². The molecule has 0 amide bonds. The van der Waals surface area contributed by atoms with Gasteiger partial charge in [-0.2, -0.15) is 0 Å². The SMILES string of the molecule is CC(C)CN=C1Nc2ccc(C(C)(C)C)cc2S(=O)(=O)N1. The van der Waals surface area contributed by atoms with Crippen molar-refractivity contribution in [1.29, 1.82) is 0 Å². The van der Waals surface area contributed by atoms with Crippen LogP contribution in [0.3, 0.4) is 0 Å². The molecule has 1 aliphatic heterocycles. The van der Waals surface area contributed by atoms with Gasteiger partial charge in [-0.15, -0.1) is 0 Å². The number of benzene rings is 1. The highest BCUT2D eigenvalue weighted by molar-refractivity contribution is 7.90. The van der Waals surface area contributed by atoms with Crippen LogP contribution in [0.4, 0.5) is 5.69 Å². The van der Waals surface area contributed by atoms with Crippen LogP contribution < -0.4 is 10.0 Å². The first-order chi connectivity index (χ1) is 9.59. The first-order valence-electron chi connectivity index (χ1n) is 7.08. The Kier molecular flexibility index (Phi) is 4.02. The van der Waals surface area contributed by atoms with E-state index in [0.717, 1.165) is 5.56 Å². The molecule has 0 atom stereocenters. The fourth-order valence-electron chi connectivity index (χ4n) is 2.00. The number of hydrogen-bond acceptors (Lipinski definition) is 3. The molecular formula is C15H23N3O2S. The number of rotatable bonds is 2. The topological polar surface area (TPSA) is 70.6 Å². The van der Waals surface area contributed by atoms with E-state index in [0.29, 0.717) is 24.1 Å². The average molecular weight is 309 g/mol. The molecule has 0 saturated heterocycles. The van der Waals surface area contributed by atoms with Gasteiger partial charge in [0, 0.05) is 6.54 Å². The van der Waals surface area contributed by atoms with Gasteiger partial charge in [0.15, 0.2) is 0 Å². The Labute approximate surface area is 126 Å². The second-order valence-electron chi connectivity index (χ2n) is 6.77. The number of sulfonamides is 1. The molecule has 1 heterocycles. The summed E-state index contributed by atoms with van der Waals surface area (Å²) >= 11 is 0. The first kappa shape index (κ1) is 15.8. The van der Waals surface area contributed by atoms with E-state index in [1.54, 1.807) is 12.1 Å². The smallest absolute Gasteiger partial charge is 0.266 e. The van der Waals surface area contributed by atoms with E-state index in [2.05, 4.69) is 35.8 Å². The molecule has 1 aromatic carbocycles. The fourth-order valence-corrected chi connectivity index (χ4v) is 3.17. The predicted molar refractivity (Wildman–Crippen MR) is 86.2 cm³/mol. The molecule has 2 rings (SSSR count). The Hall–Kier alpha value is -1.56. The lowest BCUT2D eigenvalue weighted by atomic mass is 9.87. The lowest BCUT2D eigenvalue weighted by molar-refractivity contribution is 0.581. The summed E-state index contributed by atoms with van der Waals surface area (Å²) in [5.74, 6) is 0.660. The molecule has 0 fully saturated rings. The monoisotopic (exact) mass is 309 g/mol. The molecule has 0 unspecified atom stereocenters. The summed E-state index contributed by atoms with van der Waals surface area (Å²) in [6.45, 7) is 10.8. The van der Waals surface area contributed by atoms with Crippen LogP contribution in [0.15, 0.2) is 28.1 Å². The molecule has 0 spiro atoms. The van der Waals surface area contributed by atoms with Crippen LogP contribution in [0.5, 0.6) is 0 Å². The number of fused-ring (bicyclic) bond motifs is 1. The summed E-state index contributed by atoms with van der Waals surface area (Å²) < 4.78 is 27.2. The van der Waals surface area contributed by atoms with Crippen LogP contribution in [0.1, 0.15) is 40.2 Å². The summed E-state index contributed by atoms with van der Waals surface area (Å²) in [4.78, 5) is 4.54. The maximum atomic E-state index is 12.4. The third-order valence-electron chi connectivity index (χ3n) is 3.24. The largest absolute Gasteiger partial charge is 0.324 e. The van der Waals surface area contributed by atoms with Gasteiger partial charge >= 0.3 is 0 Å². The Balaban J connectivity index is 2.43. The van der Waals surface area contributed by atoms with Crippen molar-refractivity contribution < 1.29 is 8.42 Å². The zero-order chi connectivity index (χ0) is 15.8. The van der Waals surface area contributed by atoms with Gasteiger partial charge < -0.3 is 5.32 Å². The van der Waals surface area contributed by atoms with Crippen LogP contribution in [-0.4, -0.2) is 20.9 Å². The van der Waals surface area contributed by atoms with Crippen molar-refractivity contribution >= 4 is 21.7 Å². The third kappa shape index (κ3) is 3.56. The maximum Gasteiger partial charge on any atom is 0.266 e. The maximum absolute atomic E-state index is 12.4. The van der Waals surface area contributed by atoms with E-state index in [1.165, 1.54) is 0 Å². The van der Waals surface area contributed by atoms with Crippen LogP contribution in [-0.2, 0) is 15.4 Å². The number of nitrogens with one attached hydrogen (secondary N) is 2. The van der Waals surface area contributed by atoms with Gasteiger partial charge in [0.2, 0.25) is 5.96 Å². The Bertz CT molecular complexity index is 671. The molecule has 1 aromatic rings. The first-order valence-corrected chi connectivity index (χ1v) is 8.57. The standard InChI is InChI=1S/C15H23N3O2S/c1-10(2)9-16-14-17-12-7-6-11(15(3,4)5)8-13(12)21(19,20)18-14/h6-8,10H,9H2,1-5H3,(H2,16,17,18). The second kappa shape index (κ2) is 5.33. The highest BCUT2D eigenvalue weighted by Crippen LogP contribution is 2.31. The highest BCUT2D eigenvalue weighted by Gasteiger charge is 2.28. The van der Waals surface area contributed by atoms with Crippen molar-refractivity contribution in [3.8, 4) is 0 Å². The molecule has 6 heteroatoms. The molecule has 5 nitrogen and oxygen atoms in total. The molecule has 0 bridgehead atoms.